The summed E-state index contributed by atoms with van der Waals surface area (Å²) in [6.07, 6.45) is -0.717. The van der Waals surface area contributed by atoms with Crippen LogP contribution in [-0.4, -0.2) is 129 Å². The molecule has 0 aliphatic heterocycles. The highest BCUT2D eigenvalue weighted by Gasteiger charge is 2.34. The predicted octanol–water partition coefficient (Wildman–Crippen LogP) is -2.25. The third kappa shape index (κ3) is 18.9. The minimum absolute atomic E-state index is 0.0360. The molecule has 0 spiro atoms. The van der Waals surface area contributed by atoms with E-state index >= 15 is 0 Å². The number of aliphatic carboxylic acids is 2. The van der Waals surface area contributed by atoms with E-state index in [9.17, 15) is 63.3 Å². The molecule has 0 aromatic heterocycles. The van der Waals surface area contributed by atoms with Crippen LogP contribution in [0.3, 0.4) is 0 Å². The number of phenolic OH excluding ortho intramolecular Hbond substituents is 1. The van der Waals surface area contributed by atoms with Crippen LogP contribution in [0.15, 0.2) is 24.3 Å². The molecule has 8 amide bonds. The van der Waals surface area contributed by atoms with Crippen molar-refractivity contribution in [1.82, 2.24) is 42.5 Å². The van der Waals surface area contributed by atoms with Crippen LogP contribution in [0.2, 0.25) is 0 Å². The van der Waals surface area contributed by atoms with Gasteiger partial charge in [-0.05, 0) is 69.1 Å². The fourth-order valence-corrected chi connectivity index (χ4v) is 5.65. The van der Waals surface area contributed by atoms with Crippen molar-refractivity contribution in [3.05, 3.63) is 29.8 Å². The number of rotatable bonds is 25. The van der Waals surface area contributed by atoms with Gasteiger partial charge in [0.05, 0.1) is 19.0 Å². The number of hydrogen-bond acceptors (Lipinski definition) is 12. The van der Waals surface area contributed by atoms with Gasteiger partial charge in [0.2, 0.25) is 47.3 Å². The monoisotopic (exact) mass is 877 g/mol. The fraction of sp³-hybridized carbons (Fsp3) is 0.600. The first-order valence-electron chi connectivity index (χ1n) is 20.1. The van der Waals surface area contributed by atoms with Gasteiger partial charge in [0.15, 0.2) is 0 Å². The minimum atomic E-state index is -1.69. The van der Waals surface area contributed by atoms with Crippen molar-refractivity contribution in [2.45, 2.75) is 130 Å². The quantitative estimate of drug-likeness (QED) is 0.0494. The second kappa shape index (κ2) is 25.5. The Labute approximate surface area is 360 Å². The van der Waals surface area contributed by atoms with Crippen LogP contribution in [0.1, 0.15) is 80.7 Å². The van der Waals surface area contributed by atoms with E-state index in [0.717, 1.165) is 0 Å². The molecule has 0 unspecified atom stereocenters. The Bertz CT molecular complexity index is 1770. The van der Waals surface area contributed by atoms with Gasteiger partial charge in [0, 0.05) is 0 Å². The second-order valence-corrected chi connectivity index (χ2v) is 16.1. The summed E-state index contributed by atoms with van der Waals surface area (Å²) >= 11 is 0. The minimum Gasteiger partial charge on any atom is -0.508 e. The molecule has 62 heavy (non-hydrogen) atoms. The Morgan fingerprint density at radius 3 is 1.50 bits per heavy atom. The van der Waals surface area contributed by atoms with Gasteiger partial charge in [0.25, 0.3) is 0 Å². The van der Waals surface area contributed by atoms with Gasteiger partial charge < -0.3 is 63.6 Å². The first kappa shape index (κ1) is 53.7. The van der Waals surface area contributed by atoms with E-state index in [0.29, 0.717) is 5.56 Å². The van der Waals surface area contributed by atoms with Crippen LogP contribution in [0.4, 0.5) is 0 Å². The van der Waals surface area contributed by atoms with Gasteiger partial charge in [-0.2, -0.15) is 0 Å². The Balaban J connectivity index is 2.82. The van der Waals surface area contributed by atoms with Gasteiger partial charge in [-0.1, -0.05) is 53.7 Å². The largest absolute Gasteiger partial charge is 0.508 e. The van der Waals surface area contributed by atoms with Crippen molar-refractivity contribution in [2.75, 3.05) is 6.54 Å². The van der Waals surface area contributed by atoms with Crippen molar-refractivity contribution in [3.63, 3.8) is 0 Å². The zero-order chi connectivity index (χ0) is 47.6. The molecule has 0 saturated carbocycles. The average molecular weight is 878 g/mol. The number of nitrogens with two attached hydrogens (primary N) is 1. The summed E-state index contributed by atoms with van der Waals surface area (Å²) in [5.41, 5.74) is 6.63. The maximum absolute atomic E-state index is 13.5. The summed E-state index contributed by atoms with van der Waals surface area (Å²) < 4.78 is 0. The number of carbonyl (C=O) groups is 10. The van der Waals surface area contributed by atoms with E-state index in [4.69, 9.17) is 5.73 Å². The van der Waals surface area contributed by atoms with E-state index in [-0.39, 0.29) is 24.5 Å². The zero-order valence-corrected chi connectivity index (χ0v) is 36.5. The molecule has 0 aliphatic rings. The molecule has 0 radical (unpaired) electrons. The summed E-state index contributed by atoms with van der Waals surface area (Å²) in [5, 5.41) is 47.4. The van der Waals surface area contributed by atoms with Crippen molar-refractivity contribution >= 4 is 59.2 Å². The molecular weight excluding hydrogens is 814 g/mol. The number of carbonyl (C=O) groups excluding carboxylic acids is 8. The molecule has 8 atom stereocenters. The SMILES string of the molecule is CC(C)C[C@H](NC(=O)[C@H](CC(=O)O)NC(=O)[C@H](C)NC(=O)[C@@H](NC(=O)[C@@H](NC(=O)[C@H](C)NC(=O)CNC(=O)[C@H](C)NC(=O)[C@@H](N)Cc1ccc(O)cc1)C(C)C)C(C)C)C(=O)O. The van der Waals surface area contributed by atoms with Crippen molar-refractivity contribution in [2.24, 2.45) is 23.5 Å². The Hall–Kier alpha value is -6.32. The summed E-state index contributed by atoms with van der Waals surface area (Å²) in [6, 6.07) is -4.08. The molecule has 22 heteroatoms. The molecule has 22 nitrogen and oxygen atoms in total. The Morgan fingerprint density at radius 2 is 1.00 bits per heavy atom. The van der Waals surface area contributed by atoms with Crippen LogP contribution in [0.5, 0.6) is 5.75 Å². The summed E-state index contributed by atoms with van der Waals surface area (Å²) in [5.74, 6) is -10.5. The number of nitrogens with one attached hydrogen (secondary N) is 8. The number of carboxylic acids is 2. The van der Waals surface area contributed by atoms with Gasteiger partial charge in [0.1, 0.15) is 48.0 Å². The highest BCUT2D eigenvalue weighted by atomic mass is 16.4. The first-order chi connectivity index (χ1) is 28.7. The lowest BCUT2D eigenvalue weighted by Crippen LogP contribution is -2.60. The first-order valence-corrected chi connectivity index (χ1v) is 20.1. The molecule has 13 N–H and O–H groups in total. The van der Waals surface area contributed by atoms with Crippen LogP contribution in [0, 0.1) is 17.8 Å². The van der Waals surface area contributed by atoms with E-state index in [1.165, 1.54) is 32.9 Å². The topological polar surface area (TPSA) is 354 Å². The summed E-state index contributed by atoms with van der Waals surface area (Å²) in [6.45, 7) is 13.3. The van der Waals surface area contributed by atoms with Crippen LogP contribution in [-0.2, 0) is 54.4 Å². The normalized spacial score (nSPS) is 15.0. The average Bonchev–Trinajstić information content (AvgIpc) is 3.17. The molecule has 1 rings (SSSR count). The van der Waals surface area contributed by atoms with Crippen molar-refractivity contribution in [1.29, 1.82) is 0 Å². The second-order valence-electron chi connectivity index (χ2n) is 16.1. The lowest BCUT2D eigenvalue weighted by atomic mass is 9.99. The highest BCUT2D eigenvalue weighted by Crippen LogP contribution is 2.12. The maximum atomic E-state index is 13.5. The third-order valence-corrected chi connectivity index (χ3v) is 9.25. The van der Waals surface area contributed by atoms with E-state index < -0.39 is 132 Å². The van der Waals surface area contributed by atoms with Crippen molar-refractivity contribution in [3.8, 4) is 5.75 Å². The Kier molecular flexibility index (Phi) is 22.0. The molecule has 0 saturated heterocycles. The molecule has 1 aromatic rings. The lowest BCUT2D eigenvalue weighted by molar-refractivity contribution is -0.144. The number of carboxylic acid groups (broad SMARTS) is 2. The zero-order valence-electron chi connectivity index (χ0n) is 36.5. The maximum Gasteiger partial charge on any atom is 0.326 e. The van der Waals surface area contributed by atoms with E-state index in [1.807, 2.05) is 0 Å². The standard InChI is InChI=1S/C40H63N9O13/c1-18(2)14-28(40(61)62)47-37(58)27(16-30(52)53)46-34(55)23(9)45-38(59)31(19(3)4)49-39(60)32(20(5)6)48-35(56)22(8)43-29(51)17-42-33(54)21(7)44-36(57)26(41)15-24-10-12-25(50)13-11-24/h10-13,18-23,26-28,31-32,50H,14-17,41H2,1-9H3,(H,42,54)(H,43,51)(H,44,57)(H,45,59)(H,46,55)(H,47,58)(H,48,56)(H,49,60)(H,52,53)(H,61,62)/t21-,22-,23-,26-,27-,28-,31-,32-/m0/s1. The van der Waals surface area contributed by atoms with Gasteiger partial charge >= 0.3 is 11.9 Å². The third-order valence-electron chi connectivity index (χ3n) is 9.25. The highest BCUT2D eigenvalue weighted by molar-refractivity contribution is 5.98. The lowest BCUT2D eigenvalue weighted by Gasteiger charge is -2.29. The number of amides is 8. The molecule has 0 aliphatic carbocycles. The molecular formula is C40H63N9O13. The molecule has 0 bridgehead atoms. The number of hydrogen-bond donors (Lipinski definition) is 12. The number of aromatic hydroxyl groups is 1. The van der Waals surface area contributed by atoms with Gasteiger partial charge in [-0.3, -0.25) is 43.2 Å². The van der Waals surface area contributed by atoms with Gasteiger partial charge in [-0.15, -0.1) is 0 Å². The predicted molar refractivity (Wildman–Crippen MR) is 222 cm³/mol. The number of phenols is 1. The summed E-state index contributed by atoms with van der Waals surface area (Å²) in [7, 11) is 0. The fourth-order valence-electron chi connectivity index (χ4n) is 5.65. The van der Waals surface area contributed by atoms with Crippen LogP contribution < -0.4 is 48.3 Å². The Morgan fingerprint density at radius 1 is 0.548 bits per heavy atom. The van der Waals surface area contributed by atoms with Gasteiger partial charge in [-0.25, -0.2) is 4.79 Å². The molecule has 0 heterocycles. The van der Waals surface area contributed by atoms with Crippen LogP contribution in [0.25, 0.3) is 0 Å². The molecule has 1 aromatic carbocycles. The van der Waals surface area contributed by atoms with E-state index in [2.05, 4.69) is 42.5 Å². The van der Waals surface area contributed by atoms with Crippen LogP contribution >= 0.6 is 0 Å². The number of benzene rings is 1. The smallest absolute Gasteiger partial charge is 0.326 e. The molecule has 0 fully saturated rings. The molecule has 346 valence electrons. The van der Waals surface area contributed by atoms with Crippen molar-refractivity contribution < 1.29 is 63.3 Å². The van der Waals surface area contributed by atoms with E-state index in [1.54, 1.807) is 53.7 Å². The summed E-state index contributed by atoms with van der Waals surface area (Å²) in [4.78, 5) is 127.